The fourth-order valence-electron chi connectivity index (χ4n) is 3.11. The first-order valence-corrected chi connectivity index (χ1v) is 9.19. The van der Waals surface area contributed by atoms with Crippen molar-refractivity contribution in [1.82, 2.24) is 15.1 Å². The van der Waals surface area contributed by atoms with Gasteiger partial charge in [-0.15, -0.1) is 0 Å². The minimum Gasteiger partial charge on any atom is -0.338 e. The Morgan fingerprint density at radius 3 is 2.50 bits per heavy atom. The van der Waals surface area contributed by atoms with Crippen molar-refractivity contribution < 1.29 is 14.4 Å². The van der Waals surface area contributed by atoms with Crippen LogP contribution in [0.2, 0.25) is 0 Å². The largest absolute Gasteiger partial charge is 0.338 e. The van der Waals surface area contributed by atoms with E-state index < -0.39 is 0 Å². The fraction of sp³-hybridized carbons (Fsp3) is 0.471. The van der Waals surface area contributed by atoms with Gasteiger partial charge < -0.3 is 10.2 Å². The summed E-state index contributed by atoms with van der Waals surface area (Å²) in [5.74, 6) is 0.148. The molecule has 128 valence electrons. The molecule has 1 aromatic rings. The molecular formula is C17H21N3O3S. The molecule has 6 nitrogen and oxygen atoms in total. The highest BCUT2D eigenvalue weighted by molar-refractivity contribution is 8.14. The van der Waals surface area contributed by atoms with E-state index in [0.29, 0.717) is 32.5 Å². The first-order valence-electron chi connectivity index (χ1n) is 8.20. The van der Waals surface area contributed by atoms with E-state index in [1.165, 1.54) is 10.5 Å². The zero-order valence-electron chi connectivity index (χ0n) is 13.4. The Kier molecular flexibility index (Phi) is 5.40. The standard InChI is InChI=1S/C17H21N3O3S/c21-15-12-24-17(23)20(15)14-7-10-19(11-8-14)16(22)18-9-6-13-4-2-1-3-5-13/h1-5,14H,6-12H2,(H,18,22). The average Bonchev–Trinajstić information content (AvgIpc) is 2.94. The number of likely N-dealkylation sites (tertiary alicyclic amines) is 1. The Morgan fingerprint density at radius 1 is 1.17 bits per heavy atom. The van der Waals surface area contributed by atoms with E-state index in [9.17, 15) is 14.4 Å². The summed E-state index contributed by atoms with van der Waals surface area (Å²) < 4.78 is 0. The van der Waals surface area contributed by atoms with Crippen molar-refractivity contribution in [3.63, 3.8) is 0 Å². The maximum atomic E-state index is 12.2. The molecule has 1 N–H and O–H groups in total. The number of benzene rings is 1. The topological polar surface area (TPSA) is 69.7 Å². The molecule has 0 radical (unpaired) electrons. The van der Waals surface area contributed by atoms with Crippen molar-refractivity contribution in [2.75, 3.05) is 25.4 Å². The number of rotatable bonds is 4. The molecule has 0 aromatic heterocycles. The summed E-state index contributed by atoms with van der Waals surface area (Å²) in [6.45, 7) is 1.75. The Labute approximate surface area is 145 Å². The van der Waals surface area contributed by atoms with E-state index in [1.807, 2.05) is 30.3 Å². The zero-order valence-corrected chi connectivity index (χ0v) is 14.3. The highest BCUT2D eigenvalue weighted by Gasteiger charge is 2.37. The Bertz CT molecular complexity index is 599. The number of carbonyl (C=O) groups excluding carboxylic acids is 3. The molecule has 2 saturated heterocycles. The molecular weight excluding hydrogens is 326 g/mol. The van der Waals surface area contributed by atoms with E-state index in [1.54, 1.807) is 4.90 Å². The van der Waals surface area contributed by atoms with Gasteiger partial charge in [-0.2, -0.15) is 0 Å². The number of nitrogens with one attached hydrogen (secondary N) is 1. The van der Waals surface area contributed by atoms with E-state index in [2.05, 4.69) is 5.32 Å². The number of hydrogen-bond donors (Lipinski definition) is 1. The van der Waals surface area contributed by atoms with Crippen LogP contribution in [0.5, 0.6) is 0 Å². The molecule has 2 fully saturated rings. The molecule has 7 heteroatoms. The van der Waals surface area contributed by atoms with E-state index >= 15 is 0 Å². The lowest BCUT2D eigenvalue weighted by molar-refractivity contribution is -0.126. The van der Waals surface area contributed by atoms with Crippen LogP contribution in [0.3, 0.4) is 0 Å². The second-order valence-corrected chi connectivity index (χ2v) is 6.93. The molecule has 0 bridgehead atoms. The van der Waals surface area contributed by atoms with Crippen LogP contribution in [0.25, 0.3) is 0 Å². The summed E-state index contributed by atoms with van der Waals surface area (Å²) >= 11 is 1.07. The lowest BCUT2D eigenvalue weighted by Crippen LogP contribution is -2.50. The third-order valence-electron chi connectivity index (χ3n) is 4.43. The van der Waals surface area contributed by atoms with Crippen LogP contribution in [0, 0.1) is 0 Å². The monoisotopic (exact) mass is 347 g/mol. The smallest absolute Gasteiger partial charge is 0.317 e. The zero-order chi connectivity index (χ0) is 16.9. The predicted octanol–water partition coefficient (Wildman–Crippen LogP) is 2.10. The third-order valence-corrected chi connectivity index (χ3v) is 5.27. The van der Waals surface area contributed by atoms with Crippen LogP contribution in [0.15, 0.2) is 30.3 Å². The predicted molar refractivity (Wildman–Crippen MR) is 92.8 cm³/mol. The highest BCUT2D eigenvalue weighted by Crippen LogP contribution is 2.26. The summed E-state index contributed by atoms with van der Waals surface area (Å²) in [6.07, 6.45) is 2.12. The van der Waals surface area contributed by atoms with Crippen molar-refractivity contribution in [3.8, 4) is 0 Å². The quantitative estimate of drug-likeness (QED) is 0.905. The summed E-state index contributed by atoms with van der Waals surface area (Å²) in [7, 11) is 0. The number of piperidine rings is 1. The van der Waals surface area contributed by atoms with Gasteiger partial charge in [0, 0.05) is 25.7 Å². The van der Waals surface area contributed by atoms with Gasteiger partial charge >= 0.3 is 6.03 Å². The Morgan fingerprint density at radius 2 is 1.88 bits per heavy atom. The minimum atomic E-state index is -0.147. The molecule has 4 amide bonds. The van der Waals surface area contributed by atoms with Crippen molar-refractivity contribution in [2.24, 2.45) is 0 Å². The van der Waals surface area contributed by atoms with Crippen LogP contribution < -0.4 is 5.32 Å². The third kappa shape index (κ3) is 3.90. The van der Waals surface area contributed by atoms with Crippen molar-refractivity contribution >= 4 is 28.9 Å². The Balaban J connectivity index is 1.42. The molecule has 0 aliphatic carbocycles. The molecule has 3 rings (SSSR count). The van der Waals surface area contributed by atoms with Crippen LogP contribution in [-0.4, -0.2) is 58.4 Å². The van der Waals surface area contributed by atoms with Gasteiger partial charge in [-0.1, -0.05) is 42.1 Å². The second-order valence-electron chi connectivity index (χ2n) is 6.00. The van der Waals surface area contributed by atoms with Crippen LogP contribution >= 0.6 is 11.8 Å². The summed E-state index contributed by atoms with van der Waals surface area (Å²) in [5, 5.41) is 2.79. The maximum absolute atomic E-state index is 12.2. The summed E-state index contributed by atoms with van der Waals surface area (Å²) in [4.78, 5) is 38.9. The lowest BCUT2D eigenvalue weighted by Gasteiger charge is -2.35. The summed E-state index contributed by atoms with van der Waals surface area (Å²) in [5.41, 5.74) is 1.19. The normalized spacial score (nSPS) is 19.0. The van der Waals surface area contributed by atoms with Gasteiger partial charge in [0.15, 0.2) is 0 Å². The van der Waals surface area contributed by atoms with Crippen molar-refractivity contribution in [1.29, 1.82) is 0 Å². The van der Waals surface area contributed by atoms with Crippen LogP contribution in [-0.2, 0) is 11.2 Å². The van der Waals surface area contributed by atoms with Crippen LogP contribution in [0.1, 0.15) is 18.4 Å². The number of urea groups is 1. The number of nitrogens with zero attached hydrogens (tertiary/aromatic N) is 2. The molecule has 0 atom stereocenters. The second kappa shape index (κ2) is 7.70. The van der Waals surface area contributed by atoms with Gasteiger partial charge in [0.05, 0.1) is 5.75 Å². The number of hydrogen-bond acceptors (Lipinski definition) is 4. The Hall–Kier alpha value is -2.02. The van der Waals surface area contributed by atoms with Crippen molar-refractivity contribution in [2.45, 2.75) is 25.3 Å². The molecule has 1 aromatic carbocycles. The molecule has 2 aliphatic heterocycles. The van der Waals surface area contributed by atoms with Gasteiger partial charge in [0.1, 0.15) is 0 Å². The number of amides is 4. The lowest BCUT2D eigenvalue weighted by atomic mass is 10.0. The molecule has 0 saturated carbocycles. The molecule has 2 aliphatic rings. The van der Waals surface area contributed by atoms with Gasteiger partial charge in [0.2, 0.25) is 5.91 Å². The van der Waals surface area contributed by atoms with Gasteiger partial charge in [-0.3, -0.25) is 14.5 Å². The summed E-state index contributed by atoms with van der Waals surface area (Å²) in [6, 6.07) is 9.90. The van der Waals surface area contributed by atoms with Gasteiger partial charge in [-0.25, -0.2) is 4.79 Å². The molecule has 2 heterocycles. The SMILES string of the molecule is O=C(NCCc1ccccc1)N1CCC(N2C(=O)CSC2=O)CC1. The van der Waals surface area contributed by atoms with Gasteiger partial charge in [-0.05, 0) is 24.8 Å². The first-order chi connectivity index (χ1) is 11.6. The van der Waals surface area contributed by atoms with E-state index in [4.69, 9.17) is 0 Å². The van der Waals surface area contributed by atoms with E-state index in [-0.39, 0.29) is 29.0 Å². The van der Waals surface area contributed by atoms with Gasteiger partial charge in [0.25, 0.3) is 5.24 Å². The minimum absolute atomic E-state index is 0.0617. The number of thioether (sulfide) groups is 1. The highest BCUT2D eigenvalue weighted by atomic mass is 32.2. The molecule has 0 unspecified atom stereocenters. The molecule has 24 heavy (non-hydrogen) atoms. The first kappa shape index (κ1) is 16.8. The molecule has 0 spiro atoms. The van der Waals surface area contributed by atoms with Crippen molar-refractivity contribution in [3.05, 3.63) is 35.9 Å². The number of imide groups is 1. The number of carbonyl (C=O) groups is 3. The average molecular weight is 347 g/mol. The van der Waals surface area contributed by atoms with Crippen LogP contribution in [0.4, 0.5) is 9.59 Å². The van der Waals surface area contributed by atoms with E-state index in [0.717, 1.165) is 18.2 Å². The maximum Gasteiger partial charge on any atom is 0.317 e. The fourth-order valence-corrected chi connectivity index (χ4v) is 3.89.